The van der Waals surface area contributed by atoms with E-state index >= 15 is 0 Å². The van der Waals surface area contributed by atoms with Crippen LogP contribution in [0.1, 0.15) is 34.8 Å². The van der Waals surface area contributed by atoms with Gasteiger partial charge in [-0.3, -0.25) is 28.9 Å². The molecule has 1 amide bonds. The van der Waals surface area contributed by atoms with Gasteiger partial charge in [0.1, 0.15) is 11.7 Å². The topological polar surface area (TPSA) is 211 Å². The van der Waals surface area contributed by atoms with Gasteiger partial charge in [0, 0.05) is 11.1 Å². The maximum atomic E-state index is 14.1. The lowest BCUT2D eigenvalue weighted by atomic mass is 9.42. The maximum absolute atomic E-state index is 14.1. The summed E-state index contributed by atoms with van der Waals surface area (Å²) < 4.78 is 0. The van der Waals surface area contributed by atoms with Crippen LogP contribution in [0.15, 0.2) is 12.1 Å². The molecular weight excluding hydrogens is 466 g/mol. The zero-order valence-electron chi connectivity index (χ0n) is 19.9. The van der Waals surface area contributed by atoms with Gasteiger partial charge in [-0.05, 0) is 51.6 Å². The molecule has 7 N–H and O–H groups in total. The molecule has 36 heavy (non-hydrogen) atoms. The van der Waals surface area contributed by atoms with E-state index in [4.69, 9.17) is 17.2 Å². The number of phenolic OH excluding ortho intramolecular Hbond substituents is 1. The van der Waals surface area contributed by atoms with Gasteiger partial charge in [0.2, 0.25) is 5.91 Å². The number of nitrogens with zero attached hydrogens (tertiary/aromatic N) is 2. The summed E-state index contributed by atoms with van der Waals surface area (Å²) in [5.74, 6) is -4.42. The van der Waals surface area contributed by atoms with Crippen LogP contribution in [0.3, 0.4) is 0 Å². The third-order valence-corrected chi connectivity index (χ3v) is 7.73. The summed E-state index contributed by atoms with van der Waals surface area (Å²) in [6.45, 7) is 1.58. The van der Waals surface area contributed by atoms with Crippen molar-refractivity contribution in [1.29, 1.82) is 5.26 Å². The van der Waals surface area contributed by atoms with Crippen molar-refractivity contribution in [2.75, 3.05) is 14.1 Å². The number of fused-ring (bicyclic) bond motifs is 3. The molecule has 0 saturated heterocycles. The molecule has 3 aliphatic carbocycles. The predicted octanol–water partition coefficient (Wildman–Crippen LogP) is -1.82. The maximum Gasteiger partial charge on any atom is 0.235 e. The highest BCUT2D eigenvalue weighted by atomic mass is 16.3. The molecule has 0 spiro atoms. The molecule has 2 fully saturated rings. The van der Waals surface area contributed by atoms with E-state index in [2.05, 4.69) is 11.8 Å². The SMILES string of the molecule is CC#Cc1ccc(O)c2c1C[C@@]1(N)C[C@@]3(N)[C@H](N(C)C)C(=O)C(C(N)=O)C(=O)[C@@]3(C#N)C(=O)C1C2=O. The Morgan fingerprint density at radius 3 is 2.33 bits per heavy atom. The zero-order valence-corrected chi connectivity index (χ0v) is 19.9. The first-order valence-corrected chi connectivity index (χ1v) is 11.1. The second-order valence-electron chi connectivity index (χ2n) is 9.98. The minimum Gasteiger partial charge on any atom is -0.507 e. The molecule has 0 aromatic heterocycles. The van der Waals surface area contributed by atoms with Gasteiger partial charge < -0.3 is 22.3 Å². The molecule has 2 unspecified atom stereocenters. The lowest BCUT2D eigenvalue weighted by molar-refractivity contribution is -0.166. The Bertz CT molecular complexity index is 1380. The lowest BCUT2D eigenvalue weighted by Gasteiger charge is -2.60. The van der Waals surface area contributed by atoms with E-state index in [9.17, 15) is 34.3 Å². The van der Waals surface area contributed by atoms with Gasteiger partial charge in [-0.1, -0.05) is 5.92 Å². The number of nitriles is 1. The number of benzene rings is 1. The Morgan fingerprint density at radius 1 is 1.17 bits per heavy atom. The molecule has 186 valence electrons. The van der Waals surface area contributed by atoms with Crippen molar-refractivity contribution >= 4 is 29.0 Å². The van der Waals surface area contributed by atoms with Crippen LogP contribution in [0, 0.1) is 40.4 Å². The van der Waals surface area contributed by atoms with E-state index in [0.717, 1.165) is 0 Å². The van der Waals surface area contributed by atoms with Crippen LogP contribution in [-0.2, 0) is 25.6 Å². The number of carbonyl (C=O) groups excluding carboxylic acids is 5. The van der Waals surface area contributed by atoms with Crippen molar-refractivity contribution in [1.82, 2.24) is 4.90 Å². The number of primary amides is 1. The normalized spacial score (nSPS) is 35.2. The summed E-state index contributed by atoms with van der Waals surface area (Å²) in [4.78, 5) is 68.3. The molecule has 0 aliphatic heterocycles. The van der Waals surface area contributed by atoms with Crippen molar-refractivity contribution in [3.05, 3.63) is 28.8 Å². The van der Waals surface area contributed by atoms with Crippen molar-refractivity contribution in [3.8, 4) is 23.7 Å². The number of amides is 1. The second-order valence-corrected chi connectivity index (χ2v) is 9.98. The summed E-state index contributed by atoms with van der Waals surface area (Å²) in [5, 5.41) is 20.8. The van der Waals surface area contributed by atoms with Gasteiger partial charge in [0.15, 0.2) is 34.5 Å². The Labute approximate surface area is 206 Å². The van der Waals surface area contributed by atoms with Gasteiger partial charge >= 0.3 is 0 Å². The smallest absolute Gasteiger partial charge is 0.235 e. The van der Waals surface area contributed by atoms with E-state index in [1.54, 1.807) is 13.0 Å². The number of nitrogens with two attached hydrogens (primary N) is 3. The lowest BCUT2D eigenvalue weighted by Crippen LogP contribution is -2.85. The van der Waals surface area contributed by atoms with E-state index in [0.29, 0.717) is 11.1 Å². The van der Waals surface area contributed by atoms with Gasteiger partial charge in [-0.25, -0.2) is 0 Å². The molecule has 4 rings (SSSR count). The summed E-state index contributed by atoms with van der Waals surface area (Å²) >= 11 is 0. The van der Waals surface area contributed by atoms with Crippen molar-refractivity contribution in [2.45, 2.75) is 36.9 Å². The fourth-order valence-corrected chi connectivity index (χ4v) is 6.46. The zero-order chi connectivity index (χ0) is 27.0. The predicted molar refractivity (Wildman–Crippen MR) is 124 cm³/mol. The highest BCUT2D eigenvalue weighted by molar-refractivity contribution is 6.33. The Morgan fingerprint density at radius 2 is 1.81 bits per heavy atom. The number of ketones is 4. The number of rotatable bonds is 2. The summed E-state index contributed by atoms with van der Waals surface area (Å²) in [7, 11) is 2.89. The molecule has 6 atom stereocenters. The number of hydrogen-bond acceptors (Lipinski definition) is 10. The minimum absolute atomic E-state index is 0.148. The first-order valence-electron chi connectivity index (χ1n) is 11.1. The average molecular weight is 492 g/mol. The number of aromatic hydroxyl groups is 1. The molecule has 0 radical (unpaired) electrons. The Kier molecular flexibility index (Phi) is 5.46. The largest absolute Gasteiger partial charge is 0.507 e. The molecule has 0 heterocycles. The van der Waals surface area contributed by atoms with Crippen LogP contribution in [0.25, 0.3) is 0 Å². The molecule has 1 aromatic rings. The second kappa shape index (κ2) is 7.80. The number of phenols is 1. The number of likely N-dealkylation sites (N-methyl/N-ethyl adjacent to an activating group) is 1. The Hall–Kier alpha value is -3.90. The van der Waals surface area contributed by atoms with Crippen molar-refractivity contribution < 1.29 is 29.1 Å². The molecule has 11 nitrogen and oxygen atoms in total. The molecule has 11 heteroatoms. The highest BCUT2D eigenvalue weighted by Crippen LogP contribution is 2.56. The molecule has 0 bridgehead atoms. The first kappa shape index (κ1) is 25.2. The molecule has 1 aromatic carbocycles. The average Bonchev–Trinajstić information content (AvgIpc) is 2.74. The van der Waals surface area contributed by atoms with E-state index in [-0.39, 0.29) is 12.0 Å². The van der Waals surface area contributed by atoms with Crippen LogP contribution in [0.5, 0.6) is 5.75 Å². The van der Waals surface area contributed by atoms with Gasteiger partial charge in [0.05, 0.1) is 23.2 Å². The van der Waals surface area contributed by atoms with Crippen molar-refractivity contribution in [2.24, 2.45) is 34.5 Å². The number of hydrogen-bond donors (Lipinski definition) is 4. The highest BCUT2D eigenvalue weighted by Gasteiger charge is 2.78. The number of Topliss-reactive ketones (excluding diaryl/α,β-unsaturated/α-hetero) is 4. The summed E-state index contributed by atoms with van der Waals surface area (Å²) in [5.41, 5.74) is 12.7. The van der Waals surface area contributed by atoms with E-state index < -0.39 is 75.6 Å². The third-order valence-electron chi connectivity index (χ3n) is 7.73. The fraction of sp³-hybridized carbons (Fsp3) is 0.440. The molecule has 3 aliphatic rings. The van der Waals surface area contributed by atoms with Gasteiger partial charge in [-0.15, -0.1) is 5.92 Å². The summed E-state index contributed by atoms with van der Waals surface area (Å²) in [6, 6.07) is 2.99. The van der Waals surface area contributed by atoms with Crippen LogP contribution in [-0.4, -0.2) is 70.3 Å². The number of carbonyl (C=O) groups is 5. The molecule has 2 saturated carbocycles. The van der Waals surface area contributed by atoms with Crippen LogP contribution in [0.2, 0.25) is 0 Å². The van der Waals surface area contributed by atoms with Gasteiger partial charge in [-0.2, -0.15) is 5.26 Å². The van der Waals surface area contributed by atoms with Gasteiger partial charge in [0.25, 0.3) is 0 Å². The fourth-order valence-electron chi connectivity index (χ4n) is 6.46. The van der Waals surface area contributed by atoms with Crippen LogP contribution < -0.4 is 17.2 Å². The van der Waals surface area contributed by atoms with Crippen LogP contribution in [0.4, 0.5) is 0 Å². The standard InChI is InChI=1S/C25H25N5O6/c1-4-5-11-6-7-13(31)14-12(11)8-23(28)9-25(29)19(30(2)3)18(33)15(22(27)36)20(34)24(25,10-26)21(35)16(23)17(14)32/h6-7,15-16,19,31H,8-9,28-29H2,1-3H3,(H2,27,36)/t15?,16?,19-,23-,24+,25-/m1/s1. The minimum atomic E-state index is -2.76. The quantitative estimate of drug-likeness (QED) is 0.269. The first-order chi connectivity index (χ1) is 16.7. The summed E-state index contributed by atoms with van der Waals surface area (Å²) in [6.07, 6.45) is -0.610. The Balaban J connectivity index is 2.05. The van der Waals surface area contributed by atoms with E-state index in [1.807, 2.05) is 0 Å². The van der Waals surface area contributed by atoms with Crippen LogP contribution >= 0.6 is 0 Å². The monoisotopic (exact) mass is 491 g/mol. The van der Waals surface area contributed by atoms with E-state index in [1.165, 1.54) is 31.1 Å². The molecular formula is C25H25N5O6. The van der Waals surface area contributed by atoms with Crippen molar-refractivity contribution in [3.63, 3.8) is 0 Å². The third kappa shape index (κ3) is 2.82.